The Morgan fingerprint density at radius 1 is 0.784 bits per heavy atom. The zero-order chi connectivity index (χ0) is 25.7. The monoisotopic (exact) mass is 493 g/mol. The van der Waals surface area contributed by atoms with Gasteiger partial charge in [-0.15, -0.1) is 0 Å². The summed E-state index contributed by atoms with van der Waals surface area (Å²) < 4.78 is 6.79. The molecule has 4 aromatic carbocycles. The molecule has 2 amide bonds. The summed E-state index contributed by atoms with van der Waals surface area (Å²) in [7, 11) is 0. The summed E-state index contributed by atoms with van der Waals surface area (Å²) in [4.78, 5) is 39.4. The fourth-order valence-electron chi connectivity index (χ4n) is 5.34. The van der Waals surface area contributed by atoms with E-state index in [4.69, 9.17) is 10.5 Å². The van der Waals surface area contributed by atoms with Crippen LogP contribution in [0.4, 0.5) is 4.79 Å². The smallest absolute Gasteiger partial charge is 0.336 e. The summed E-state index contributed by atoms with van der Waals surface area (Å²) in [6.07, 6.45) is 0. The maximum absolute atomic E-state index is 13.2. The number of amides is 2. The van der Waals surface area contributed by atoms with Crippen molar-refractivity contribution in [3.63, 3.8) is 0 Å². The highest BCUT2D eigenvalue weighted by molar-refractivity contribution is 6.21. The minimum absolute atomic E-state index is 0.123. The van der Waals surface area contributed by atoms with Crippen LogP contribution in [-0.4, -0.2) is 58.8 Å². The molecule has 5 aromatic rings. The van der Waals surface area contributed by atoms with Crippen LogP contribution in [0.3, 0.4) is 0 Å². The van der Waals surface area contributed by atoms with Crippen molar-refractivity contribution in [1.29, 1.82) is 0 Å². The number of fused-ring (bicyclic) bond motifs is 4. The number of hydrogen-bond donors (Lipinski definition) is 2. The maximum Gasteiger partial charge on any atom is 0.336 e. The lowest BCUT2D eigenvalue weighted by Crippen LogP contribution is -2.40. The number of ether oxygens (including phenoxy) is 1. The van der Waals surface area contributed by atoms with Crippen molar-refractivity contribution >= 4 is 50.5 Å². The molecular formula is C29H23N3O5. The number of morpholine rings is 1. The van der Waals surface area contributed by atoms with Crippen LogP contribution in [0.2, 0.25) is 0 Å². The summed E-state index contributed by atoms with van der Waals surface area (Å²) in [5.41, 5.74) is 9.36. The molecule has 1 aliphatic rings. The first-order chi connectivity index (χ1) is 18.0. The van der Waals surface area contributed by atoms with Crippen molar-refractivity contribution in [3.8, 4) is 11.1 Å². The van der Waals surface area contributed by atoms with Crippen molar-refractivity contribution in [1.82, 2.24) is 9.47 Å². The molecule has 3 N–H and O–H groups in total. The summed E-state index contributed by atoms with van der Waals surface area (Å²) in [6.45, 7) is 2.01. The lowest BCUT2D eigenvalue weighted by atomic mass is 9.93. The molecular weight excluding hydrogens is 470 g/mol. The molecule has 0 saturated carbocycles. The second-order valence-corrected chi connectivity index (χ2v) is 9.02. The number of hydrogen-bond acceptors (Lipinski definition) is 4. The topological polar surface area (TPSA) is 115 Å². The second-order valence-electron chi connectivity index (χ2n) is 9.02. The van der Waals surface area contributed by atoms with Crippen molar-refractivity contribution in [3.05, 3.63) is 83.9 Å². The number of primary amides is 1. The van der Waals surface area contributed by atoms with E-state index in [0.717, 1.165) is 27.3 Å². The van der Waals surface area contributed by atoms with Gasteiger partial charge in [-0.05, 0) is 46.2 Å². The lowest BCUT2D eigenvalue weighted by molar-refractivity contribution is 0.0303. The Bertz CT molecular complexity index is 1750. The van der Waals surface area contributed by atoms with Crippen LogP contribution < -0.4 is 5.73 Å². The Hall–Kier alpha value is -4.69. The third kappa shape index (κ3) is 3.61. The van der Waals surface area contributed by atoms with Gasteiger partial charge < -0.3 is 20.5 Å². The predicted molar refractivity (Wildman–Crippen MR) is 141 cm³/mol. The van der Waals surface area contributed by atoms with E-state index < -0.39 is 12.0 Å². The first-order valence-corrected chi connectivity index (χ1v) is 11.9. The Kier molecular flexibility index (Phi) is 5.39. The van der Waals surface area contributed by atoms with Gasteiger partial charge in [-0.25, -0.2) is 9.59 Å². The first kappa shape index (κ1) is 22.8. The first-order valence-electron chi connectivity index (χ1n) is 11.9. The van der Waals surface area contributed by atoms with E-state index in [2.05, 4.69) is 0 Å². The Labute approximate surface area is 211 Å². The normalized spacial score (nSPS) is 13.9. The SMILES string of the molecule is NC(=O)n1c2cc(C(=O)N3CCOCC3)ccc2c2c(-c3cccc4c(C(=O)O)cccc34)cccc21. The van der Waals surface area contributed by atoms with Crippen molar-refractivity contribution in [2.45, 2.75) is 0 Å². The van der Waals surface area contributed by atoms with Gasteiger partial charge in [-0.2, -0.15) is 0 Å². The number of nitrogens with zero attached hydrogens (tertiary/aromatic N) is 2. The van der Waals surface area contributed by atoms with E-state index in [0.29, 0.717) is 48.3 Å². The minimum atomic E-state index is -0.997. The number of benzene rings is 4. The largest absolute Gasteiger partial charge is 0.478 e. The van der Waals surface area contributed by atoms with Gasteiger partial charge in [-0.1, -0.05) is 48.5 Å². The number of aromatic carboxylic acids is 1. The van der Waals surface area contributed by atoms with Gasteiger partial charge in [0.1, 0.15) is 0 Å². The fourth-order valence-corrected chi connectivity index (χ4v) is 5.34. The molecule has 8 nitrogen and oxygen atoms in total. The Morgan fingerprint density at radius 2 is 1.49 bits per heavy atom. The molecule has 0 unspecified atom stereocenters. The van der Waals surface area contributed by atoms with Gasteiger partial charge in [0.2, 0.25) is 0 Å². The summed E-state index contributed by atoms with van der Waals surface area (Å²) in [5, 5.41) is 12.7. The quantitative estimate of drug-likeness (QED) is 0.378. The molecule has 0 bridgehead atoms. The minimum Gasteiger partial charge on any atom is -0.478 e. The third-order valence-electron chi connectivity index (χ3n) is 7.00. The number of nitrogens with two attached hydrogens (primary N) is 1. The number of rotatable bonds is 3. The molecule has 0 aliphatic carbocycles. The van der Waals surface area contributed by atoms with Gasteiger partial charge in [0.25, 0.3) is 5.91 Å². The van der Waals surface area contributed by atoms with Gasteiger partial charge in [0.05, 0.1) is 29.8 Å². The Balaban J connectivity index is 1.62. The molecule has 0 atom stereocenters. The van der Waals surface area contributed by atoms with Crippen LogP contribution in [-0.2, 0) is 4.74 Å². The van der Waals surface area contributed by atoms with Crippen molar-refractivity contribution in [2.24, 2.45) is 5.73 Å². The van der Waals surface area contributed by atoms with Crippen LogP contribution >= 0.6 is 0 Å². The van der Waals surface area contributed by atoms with Crippen molar-refractivity contribution < 1.29 is 24.2 Å². The van der Waals surface area contributed by atoms with E-state index in [1.807, 2.05) is 42.5 Å². The van der Waals surface area contributed by atoms with Crippen LogP contribution in [0.5, 0.6) is 0 Å². The highest BCUT2D eigenvalue weighted by Gasteiger charge is 2.23. The second kappa shape index (κ2) is 8.76. The number of carboxylic acids is 1. The number of carbonyl (C=O) groups excluding carboxylic acids is 2. The van der Waals surface area contributed by atoms with E-state index in [9.17, 15) is 19.5 Å². The molecule has 184 valence electrons. The lowest BCUT2D eigenvalue weighted by Gasteiger charge is -2.26. The number of aromatic nitrogens is 1. The summed E-state index contributed by atoms with van der Waals surface area (Å²) >= 11 is 0. The van der Waals surface area contributed by atoms with Crippen LogP contribution in [0.1, 0.15) is 20.7 Å². The van der Waals surface area contributed by atoms with E-state index in [1.165, 1.54) is 4.57 Å². The van der Waals surface area contributed by atoms with Gasteiger partial charge >= 0.3 is 12.0 Å². The van der Waals surface area contributed by atoms with Crippen LogP contribution in [0.25, 0.3) is 43.7 Å². The van der Waals surface area contributed by atoms with Gasteiger partial charge in [0, 0.05) is 29.4 Å². The van der Waals surface area contributed by atoms with Gasteiger partial charge in [0.15, 0.2) is 0 Å². The zero-order valence-corrected chi connectivity index (χ0v) is 19.8. The van der Waals surface area contributed by atoms with Gasteiger partial charge in [-0.3, -0.25) is 9.36 Å². The molecule has 2 heterocycles. The summed E-state index contributed by atoms with van der Waals surface area (Å²) in [5.74, 6) is -1.12. The maximum atomic E-state index is 13.2. The average Bonchev–Trinajstić information content (AvgIpc) is 3.26. The standard InChI is InChI=1S/C29H23N3O5/c30-29(36)32-24-9-3-7-21(19-5-1-6-20-18(19)4-2-8-22(20)28(34)35)26(24)23-11-10-17(16-25(23)32)27(33)31-12-14-37-15-13-31/h1-11,16H,12-15H2,(H2,30,36)(H,34,35). The van der Waals surface area contributed by atoms with E-state index in [-0.39, 0.29) is 11.5 Å². The highest BCUT2D eigenvalue weighted by atomic mass is 16.5. The van der Waals surface area contributed by atoms with Crippen molar-refractivity contribution in [2.75, 3.05) is 26.3 Å². The van der Waals surface area contributed by atoms with E-state index in [1.54, 1.807) is 35.2 Å². The molecule has 1 aromatic heterocycles. The van der Waals surface area contributed by atoms with Crippen LogP contribution in [0.15, 0.2) is 72.8 Å². The zero-order valence-electron chi connectivity index (χ0n) is 19.8. The van der Waals surface area contributed by atoms with Crippen LogP contribution in [0, 0.1) is 0 Å². The molecule has 1 aliphatic heterocycles. The average molecular weight is 494 g/mol. The molecule has 6 rings (SSSR count). The molecule has 1 saturated heterocycles. The Morgan fingerprint density at radius 3 is 2.24 bits per heavy atom. The number of carboxylic acid groups (broad SMARTS) is 1. The molecule has 0 radical (unpaired) electrons. The third-order valence-corrected chi connectivity index (χ3v) is 7.00. The highest BCUT2D eigenvalue weighted by Crippen LogP contribution is 2.40. The fraction of sp³-hybridized carbons (Fsp3) is 0.138. The van der Waals surface area contributed by atoms with E-state index >= 15 is 0 Å². The summed E-state index contributed by atoms with van der Waals surface area (Å²) in [6, 6.07) is 21.1. The molecule has 0 spiro atoms. The predicted octanol–water partition coefficient (Wildman–Crippen LogP) is 4.71. The number of carbonyl (C=O) groups is 3. The molecule has 1 fully saturated rings. The molecule has 37 heavy (non-hydrogen) atoms. The molecule has 8 heteroatoms.